The smallest absolute Gasteiger partial charge is 0.236 e. The van der Waals surface area contributed by atoms with E-state index in [1.165, 1.54) is 0 Å². The molecule has 1 aromatic heterocycles. The fourth-order valence-electron chi connectivity index (χ4n) is 1.26. The van der Waals surface area contributed by atoms with Crippen LogP contribution in [0.4, 0.5) is 0 Å². The van der Waals surface area contributed by atoms with Crippen LogP contribution in [0.25, 0.3) is 11.4 Å². The van der Waals surface area contributed by atoms with Crippen molar-refractivity contribution < 1.29 is 10.3 Å². The number of hydrogen-bond acceptors (Lipinski definition) is 3. The molecule has 0 atom stereocenters. The van der Waals surface area contributed by atoms with Gasteiger partial charge in [-0.2, -0.15) is 9.71 Å². The molecule has 0 bridgehead atoms. The first-order valence-electron chi connectivity index (χ1n) is 4.23. The average molecular weight is 190 g/mol. The molecule has 2 N–H and O–H groups in total. The summed E-state index contributed by atoms with van der Waals surface area (Å²) in [6, 6.07) is 9.19. The van der Waals surface area contributed by atoms with Crippen molar-refractivity contribution in [3.8, 4) is 17.3 Å². The van der Waals surface area contributed by atoms with Crippen molar-refractivity contribution in [3.63, 3.8) is 0 Å². The lowest BCUT2D eigenvalue weighted by atomic mass is 10.2. The van der Waals surface area contributed by atoms with E-state index in [9.17, 15) is 10.3 Å². The summed E-state index contributed by atoms with van der Waals surface area (Å²) >= 11 is 0. The van der Waals surface area contributed by atoms with E-state index >= 15 is 0 Å². The molecular weight excluding hydrogens is 180 g/mol. The van der Waals surface area contributed by atoms with Crippen molar-refractivity contribution in [2.45, 2.75) is 6.92 Å². The lowest BCUT2D eigenvalue weighted by Crippen LogP contribution is -1.95. The summed E-state index contributed by atoms with van der Waals surface area (Å²) in [5.41, 5.74) is 1.10. The molecule has 0 saturated carbocycles. The molecule has 1 aromatic carbocycles. The summed E-state index contributed by atoms with van der Waals surface area (Å²) in [5, 5.41) is 18.9. The van der Waals surface area contributed by atoms with Gasteiger partial charge in [0.05, 0.1) is 0 Å². The molecule has 2 rings (SSSR count). The van der Waals surface area contributed by atoms with Gasteiger partial charge in [0, 0.05) is 5.56 Å². The van der Waals surface area contributed by atoms with Crippen LogP contribution in [0.3, 0.4) is 0 Å². The van der Waals surface area contributed by atoms with Crippen LogP contribution in [0.5, 0.6) is 5.88 Å². The number of nitrogens with zero attached hydrogens (tertiary/aromatic N) is 2. The molecule has 14 heavy (non-hydrogen) atoms. The third-order valence-corrected chi connectivity index (χ3v) is 2.09. The highest BCUT2D eigenvalue weighted by atomic mass is 16.5. The van der Waals surface area contributed by atoms with E-state index in [0.29, 0.717) is 11.5 Å². The Morgan fingerprint density at radius 1 is 1.21 bits per heavy atom. The van der Waals surface area contributed by atoms with Crippen molar-refractivity contribution in [3.05, 3.63) is 36.0 Å². The minimum atomic E-state index is -0.147. The Morgan fingerprint density at radius 2 is 1.86 bits per heavy atom. The molecule has 0 fully saturated rings. The van der Waals surface area contributed by atoms with Crippen LogP contribution in [0.2, 0.25) is 0 Å². The monoisotopic (exact) mass is 190 g/mol. The van der Waals surface area contributed by atoms with Crippen LogP contribution in [-0.2, 0) is 0 Å². The van der Waals surface area contributed by atoms with E-state index in [1.54, 1.807) is 6.92 Å². The molecule has 0 unspecified atom stereocenters. The second-order valence-corrected chi connectivity index (χ2v) is 3.02. The molecule has 4 nitrogen and oxygen atoms in total. The molecule has 0 saturated heterocycles. The predicted octanol–water partition coefficient (Wildman–Crippen LogP) is 1.80. The van der Waals surface area contributed by atoms with Crippen LogP contribution >= 0.6 is 0 Å². The lowest BCUT2D eigenvalue weighted by Gasteiger charge is -1.99. The lowest BCUT2D eigenvalue weighted by molar-refractivity contribution is 0.183. The number of rotatable bonds is 1. The Kier molecular flexibility index (Phi) is 1.89. The molecule has 0 radical (unpaired) electrons. The summed E-state index contributed by atoms with van der Waals surface area (Å²) in [6.07, 6.45) is 0. The first-order valence-corrected chi connectivity index (χ1v) is 4.23. The third-order valence-electron chi connectivity index (χ3n) is 2.09. The molecule has 0 spiro atoms. The SMILES string of the molecule is Cc1c(O)nc(-c2ccccc2)n1O. The molecule has 1 heterocycles. The van der Waals surface area contributed by atoms with Crippen LogP contribution in [0.15, 0.2) is 30.3 Å². The highest BCUT2D eigenvalue weighted by molar-refractivity contribution is 5.56. The van der Waals surface area contributed by atoms with Crippen molar-refractivity contribution in [1.82, 2.24) is 9.71 Å². The Morgan fingerprint density at radius 3 is 2.36 bits per heavy atom. The molecule has 4 heteroatoms. The summed E-state index contributed by atoms with van der Waals surface area (Å²) in [5.74, 6) is 0.201. The molecule has 0 aliphatic carbocycles. The van der Waals surface area contributed by atoms with Gasteiger partial charge in [-0.15, -0.1) is 0 Å². The zero-order valence-corrected chi connectivity index (χ0v) is 7.68. The van der Waals surface area contributed by atoms with Gasteiger partial charge >= 0.3 is 0 Å². The van der Waals surface area contributed by atoms with Gasteiger partial charge in [0.1, 0.15) is 5.69 Å². The predicted molar refractivity (Wildman–Crippen MR) is 51.2 cm³/mol. The minimum Gasteiger partial charge on any atom is -0.492 e. The van der Waals surface area contributed by atoms with Crippen LogP contribution in [-0.4, -0.2) is 20.0 Å². The zero-order valence-electron chi connectivity index (χ0n) is 7.68. The summed E-state index contributed by atoms with van der Waals surface area (Å²) in [7, 11) is 0. The Balaban J connectivity index is 2.58. The summed E-state index contributed by atoms with van der Waals surface area (Å²) in [6.45, 7) is 1.59. The van der Waals surface area contributed by atoms with Gasteiger partial charge in [-0.05, 0) is 6.92 Å². The number of benzene rings is 1. The van der Waals surface area contributed by atoms with E-state index in [0.717, 1.165) is 10.3 Å². The first kappa shape index (κ1) is 8.62. The number of hydrogen-bond donors (Lipinski definition) is 2. The average Bonchev–Trinajstić information content (AvgIpc) is 2.47. The quantitative estimate of drug-likeness (QED) is 0.674. The van der Waals surface area contributed by atoms with Gasteiger partial charge in [-0.1, -0.05) is 30.3 Å². The largest absolute Gasteiger partial charge is 0.492 e. The standard InChI is InChI=1S/C10H10N2O2/c1-7-10(13)11-9(12(7)14)8-5-3-2-4-6-8/h2-6,13-14H,1H3. The van der Waals surface area contributed by atoms with E-state index in [2.05, 4.69) is 4.98 Å². The highest BCUT2D eigenvalue weighted by Gasteiger charge is 2.12. The highest BCUT2D eigenvalue weighted by Crippen LogP contribution is 2.23. The van der Waals surface area contributed by atoms with Crippen LogP contribution in [0.1, 0.15) is 5.69 Å². The van der Waals surface area contributed by atoms with Crippen molar-refractivity contribution in [1.29, 1.82) is 0 Å². The Bertz CT molecular complexity index is 449. The van der Waals surface area contributed by atoms with Gasteiger partial charge < -0.3 is 10.3 Å². The van der Waals surface area contributed by atoms with Gasteiger partial charge in [0.25, 0.3) is 0 Å². The normalized spacial score (nSPS) is 10.4. The summed E-state index contributed by atoms with van der Waals surface area (Å²) < 4.78 is 0.880. The van der Waals surface area contributed by atoms with Crippen molar-refractivity contribution >= 4 is 0 Å². The van der Waals surface area contributed by atoms with Gasteiger partial charge in [-0.25, -0.2) is 0 Å². The van der Waals surface area contributed by atoms with Crippen molar-refractivity contribution in [2.75, 3.05) is 0 Å². The third kappa shape index (κ3) is 1.21. The topological polar surface area (TPSA) is 58.3 Å². The van der Waals surface area contributed by atoms with Gasteiger partial charge in [-0.3, -0.25) is 0 Å². The maximum absolute atomic E-state index is 9.57. The van der Waals surface area contributed by atoms with Crippen LogP contribution < -0.4 is 0 Å². The van der Waals surface area contributed by atoms with Crippen molar-refractivity contribution in [2.24, 2.45) is 0 Å². The fourth-order valence-corrected chi connectivity index (χ4v) is 1.26. The Hall–Kier alpha value is -1.97. The molecule has 0 amide bonds. The summed E-state index contributed by atoms with van der Waals surface area (Å²) in [4.78, 5) is 3.85. The van der Waals surface area contributed by atoms with Gasteiger partial charge in [0.15, 0.2) is 5.82 Å². The van der Waals surface area contributed by atoms with Gasteiger partial charge in [0.2, 0.25) is 5.88 Å². The number of aromatic hydroxyl groups is 1. The number of aromatic nitrogens is 2. The molecule has 72 valence electrons. The van der Waals surface area contributed by atoms with E-state index in [4.69, 9.17) is 0 Å². The molecule has 2 aromatic rings. The maximum Gasteiger partial charge on any atom is 0.236 e. The van der Waals surface area contributed by atoms with E-state index in [1.807, 2.05) is 30.3 Å². The second kappa shape index (κ2) is 3.06. The Labute approximate surface area is 81.0 Å². The molecule has 0 aliphatic rings. The van der Waals surface area contributed by atoms with E-state index < -0.39 is 0 Å². The first-order chi connectivity index (χ1) is 6.70. The minimum absolute atomic E-state index is 0.147. The van der Waals surface area contributed by atoms with Crippen LogP contribution in [0, 0.1) is 6.92 Å². The number of imidazole rings is 1. The molecular formula is C10H10N2O2. The zero-order chi connectivity index (χ0) is 10.1. The van der Waals surface area contributed by atoms with E-state index in [-0.39, 0.29) is 5.88 Å². The fraction of sp³-hybridized carbons (Fsp3) is 0.100. The maximum atomic E-state index is 9.57. The molecule has 0 aliphatic heterocycles. The second-order valence-electron chi connectivity index (χ2n) is 3.02.